The maximum Gasteiger partial charge on any atom is 0.164 e. The Bertz CT molecular complexity index is 730. The molecule has 1 aromatic carbocycles. The average molecular weight is 441 g/mol. The van der Waals surface area contributed by atoms with Gasteiger partial charge in [0.2, 0.25) is 0 Å². The van der Waals surface area contributed by atoms with Crippen molar-refractivity contribution in [2.75, 3.05) is 47.5 Å². The molecule has 142 valence electrons. The lowest BCUT2D eigenvalue weighted by molar-refractivity contribution is 0.238. The fourth-order valence-electron chi connectivity index (χ4n) is 3.40. The SMILES string of the molecule is COc1cc(OC)c(C(c2ccc(Br)s2)N2CCCNCC2)cc1OC. The molecule has 1 aliphatic rings. The number of ether oxygens (including phenoxy) is 3. The highest BCUT2D eigenvalue weighted by Gasteiger charge is 2.28. The van der Waals surface area contributed by atoms with Crippen LogP contribution in [-0.2, 0) is 0 Å². The molecule has 2 aromatic rings. The van der Waals surface area contributed by atoms with E-state index in [9.17, 15) is 0 Å². The number of methoxy groups -OCH3 is 3. The van der Waals surface area contributed by atoms with Crippen molar-refractivity contribution in [3.63, 3.8) is 0 Å². The van der Waals surface area contributed by atoms with Gasteiger partial charge in [0, 0.05) is 36.1 Å². The zero-order valence-electron chi connectivity index (χ0n) is 15.4. The Morgan fingerprint density at radius 2 is 1.73 bits per heavy atom. The van der Waals surface area contributed by atoms with Gasteiger partial charge in [-0.3, -0.25) is 4.90 Å². The lowest BCUT2D eigenvalue weighted by Gasteiger charge is -2.31. The Labute approximate surface area is 167 Å². The van der Waals surface area contributed by atoms with Crippen LogP contribution >= 0.6 is 27.3 Å². The van der Waals surface area contributed by atoms with E-state index in [0.717, 1.165) is 53.4 Å². The second-order valence-corrected chi connectivity index (χ2v) is 8.63. The van der Waals surface area contributed by atoms with Crippen molar-refractivity contribution in [1.82, 2.24) is 10.2 Å². The summed E-state index contributed by atoms with van der Waals surface area (Å²) in [6, 6.07) is 8.37. The van der Waals surface area contributed by atoms with E-state index in [0.29, 0.717) is 5.75 Å². The third-order valence-electron chi connectivity index (χ3n) is 4.63. The maximum atomic E-state index is 5.73. The quantitative estimate of drug-likeness (QED) is 0.736. The van der Waals surface area contributed by atoms with Crippen LogP contribution in [0.1, 0.15) is 22.9 Å². The van der Waals surface area contributed by atoms with Gasteiger partial charge < -0.3 is 19.5 Å². The molecule has 1 aromatic heterocycles. The summed E-state index contributed by atoms with van der Waals surface area (Å²) in [5.41, 5.74) is 1.10. The van der Waals surface area contributed by atoms with Gasteiger partial charge in [0.1, 0.15) is 5.75 Å². The van der Waals surface area contributed by atoms with Crippen LogP contribution in [0.25, 0.3) is 0 Å². The Kier molecular flexibility index (Phi) is 6.80. The summed E-state index contributed by atoms with van der Waals surface area (Å²) in [5.74, 6) is 2.21. The van der Waals surface area contributed by atoms with Crippen LogP contribution < -0.4 is 19.5 Å². The second-order valence-electron chi connectivity index (χ2n) is 6.13. The molecular formula is C19H25BrN2O3S. The first-order valence-corrected chi connectivity index (χ1v) is 10.3. The monoisotopic (exact) mass is 440 g/mol. The van der Waals surface area contributed by atoms with E-state index < -0.39 is 0 Å². The summed E-state index contributed by atoms with van der Waals surface area (Å²) < 4.78 is 17.9. The number of rotatable bonds is 6. The largest absolute Gasteiger partial charge is 0.496 e. The molecule has 5 nitrogen and oxygen atoms in total. The molecule has 3 rings (SSSR count). The van der Waals surface area contributed by atoms with Crippen molar-refractivity contribution in [2.24, 2.45) is 0 Å². The molecule has 26 heavy (non-hydrogen) atoms. The number of hydrogen-bond acceptors (Lipinski definition) is 6. The van der Waals surface area contributed by atoms with Crippen LogP contribution in [-0.4, -0.2) is 52.4 Å². The molecule has 0 amide bonds. The van der Waals surface area contributed by atoms with Gasteiger partial charge in [0.05, 0.1) is 31.2 Å². The number of benzene rings is 1. The number of hydrogen-bond donors (Lipinski definition) is 1. The van der Waals surface area contributed by atoms with Crippen molar-refractivity contribution in [2.45, 2.75) is 12.5 Å². The van der Waals surface area contributed by atoms with Gasteiger partial charge in [-0.25, -0.2) is 0 Å². The highest BCUT2D eigenvalue weighted by Crippen LogP contribution is 2.43. The van der Waals surface area contributed by atoms with Gasteiger partial charge in [-0.15, -0.1) is 11.3 Å². The Morgan fingerprint density at radius 3 is 2.38 bits per heavy atom. The molecule has 0 aliphatic carbocycles. The summed E-state index contributed by atoms with van der Waals surface area (Å²) in [6.45, 7) is 4.06. The molecule has 1 fully saturated rings. The standard InChI is InChI=1S/C19H25BrN2O3S/c1-23-14-12-16(25-3)15(24-2)11-13(14)19(17-5-6-18(20)26-17)22-9-4-7-21-8-10-22/h5-6,11-12,19,21H,4,7-10H2,1-3H3. The average Bonchev–Trinajstić information content (AvgIpc) is 2.92. The van der Waals surface area contributed by atoms with Crippen LogP contribution in [0.3, 0.4) is 0 Å². The fourth-order valence-corrected chi connectivity index (χ4v) is 4.97. The minimum atomic E-state index is 0.112. The van der Waals surface area contributed by atoms with Crippen molar-refractivity contribution in [1.29, 1.82) is 0 Å². The highest BCUT2D eigenvalue weighted by molar-refractivity contribution is 9.11. The van der Waals surface area contributed by atoms with E-state index in [1.165, 1.54) is 4.88 Å². The van der Waals surface area contributed by atoms with Crippen molar-refractivity contribution >= 4 is 27.3 Å². The lowest BCUT2D eigenvalue weighted by Crippen LogP contribution is -2.32. The van der Waals surface area contributed by atoms with E-state index in [2.05, 4.69) is 38.3 Å². The Balaban J connectivity index is 2.11. The number of nitrogens with zero attached hydrogens (tertiary/aromatic N) is 1. The first kappa shape index (κ1) is 19.5. The van der Waals surface area contributed by atoms with Gasteiger partial charge in [0.25, 0.3) is 0 Å². The van der Waals surface area contributed by atoms with E-state index in [1.54, 1.807) is 32.7 Å². The summed E-state index contributed by atoms with van der Waals surface area (Å²) in [5, 5.41) is 3.49. The zero-order chi connectivity index (χ0) is 18.5. The van der Waals surface area contributed by atoms with Crippen LogP contribution in [0.4, 0.5) is 0 Å². The van der Waals surface area contributed by atoms with Gasteiger partial charge in [-0.05, 0) is 47.1 Å². The van der Waals surface area contributed by atoms with Crippen molar-refractivity contribution in [3.8, 4) is 17.2 Å². The van der Waals surface area contributed by atoms with Gasteiger partial charge >= 0.3 is 0 Å². The molecule has 1 aliphatic heterocycles. The molecule has 0 bridgehead atoms. The molecule has 1 unspecified atom stereocenters. The minimum Gasteiger partial charge on any atom is -0.496 e. The van der Waals surface area contributed by atoms with Crippen molar-refractivity contribution in [3.05, 3.63) is 38.5 Å². The maximum absolute atomic E-state index is 5.73. The van der Waals surface area contributed by atoms with Gasteiger partial charge in [-0.1, -0.05) is 0 Å². The van der Waals surface area contributed by atoms with Gasteiger partial charge in [0.15, 0.2) is 11.5 Å². The molecule has 0 spiro atoms. The Morgan fingerprint density at radius 1 is 1.00 bits per heavy atom. The molecule has 1 saturated heterocycles. The zero-order valence-corrected chi connectivity index (χ0v) is 17.8. The first-order valence-electron chi connectivity index (χ1n) is 8.67. The van der Waals surface area contributed by atoms with Crippen LogP contribution in [0.2, 0.25) is 0 Å². The smallest absolute Gasteiger partial charge is 0.164 e. The lowest BCUT2D eigenvalue weighted by atomic mass is 10.0. The predicted molar refractivity (Wildman–Crippen MR) is 109 cm³/mol. The number of halogens is 1. The summed E-state index contributed by atoms with van der Waals surface area (Å²) in [7, 11) is 5.02. The Hall–Kier alpha value is -1.28. The molecule has 0 radical (unpaired) electrons. The van der Waals surface area contributed by atoms with Crippen molar-refractivity contribution < 1.29 is 14.2 Å². The van der Waals surface area contributed by atoms with E-state index >= 15 is 0 Å². The summed E-state index contributed by atoms with van der Waals surface area (Å²) >= 11 is 5.37. The van der Waals surface area contributed by atoms with Gasteiger partial charge in [-0.2, -0.15) is 0 Å². The molecule has 2 heterocycles. The van der Waals surface area contributed by atoms with E-state index in [-0.39, 0.29) is 6.04 Å². The third kappa shape index (κ3) is 4.17. The molecule has 7 heteroatoms. The van der Waals surface area contributed by atoms with E-state index in [4.69, 9.17) is 14.2 Å². The fraction of sp³-hybridized carbons (Fsp3) is 0.474. The second kappa shape index (κ2) is 9.08. The van der Waals surface area contributed by atoms with Crippen LogP contribution in [0.15, 0.2) is 28.1 Å². The first-order chi connectivity index (χ1) is 12.7. The predicted octanol–water partition coefficient (Wildman–Crippen LogP) is 3.92. The number of nitrogens with one attached hydrogen (secondary N) is 1. The molecular weight excluding hydrogens is 416 g/mol. The normalized spacial score (nSPS) is 16.8. The van der Waals surface area contributed by atoms with Crippen LogP contribution in [0.5, 0.6) is 17.2 Å². The number of thiophene rings is 1. The topological polar surface area (TPSA) is 43.0 Å². The molecule has 1 atom stereocenters. The van der Waals surface area contributed by atoms with Crippen LogP contribution in [0, 0.1) is 0 Å². The highest BCUT2D eigenvalue weighted by atomic mass is 79.9. The summed E-state index contributed by atoms with van der Waals surface area (Å²) in [6.07, 6.45) is 1.12. The molecule has 0 saturated carbocycles. The molecule has 1 N–H and O–H groups in total. The van der Waals surface area contributed by atoms with E-state index in [1.807, 2.05) is 12.1 Å². The summed E-state index contributed by atoms with van der Waals surface area (Å²) in [4.78, 5) is 3.80. The third-order valence-corrected chi connectivity index (χ3v) is 6.31. The minimum absolute atomic E-state index is 0.112.